The molecule has 0 aliphatic heterocycles. The molecule has 9 nitrogen and oxygen atoms in total. The highest BCUT2D eigenvalue weighted by molar-refractivity contribution is 5.77. The summed E-state index contributed by atoms with van der Waals surface area (Å²) in [7, 11) is 0. The number of benzene rings is 2. The SMILES string of the molecule is CCCC(CC=O)(Nc1c(C)cc(C)c(-c2nnc3cc(C(C)(C)C)[nH]n23)c1C)Oc1cc(C)ccc1OCCO. The lowest BCUT2D eigenvalue weighted by Gasteiger charge is -2.37. The average molecular weight is 562 g/mol. The quantitative estimate of drug-likeness (QED) is 0.139. The molecule has 0 saturated heterocycles. The molecule has 0 fully saturated rings. The van der Waals surface area contributed by atoms with Crippen LogP contribution in [0.1, 0.15) is 74.9 Å². The van der Waals surface area contributed by atoms with E-state index >= 15 is 0 Å². The molecule has 0 radical (unpaired) electrons. The number of nitrogens with one attached hydrogen (secondary N) is 2. The van der Waals surface area contributed by atoms with Crippen LogP contribution < -0.4 is 14.8 Å². The summed E-state index contributed by atoms with van der Waals surface area (Å²) in [5.41, 5.74) is 6.66. The van der Waals surface area contributed by atoms with Crippen molar-refractivity contribution in [2.45, 2.75) is 85.8 Å². The number of aromatic nitrogens is 4. The third-order valence-corrected chi connectivity index (χ3v) is 7.37. The number of aliphatic hydroxyl groups is 1. The summed E-state index contributed by atoms with van der Waals surface area (Å²) in [6.45, 7) is 16.7. The average Bonchev–Trinajstić information content (AvgIpc) is 3.49. The van der Waals surface area contributed by atoms with E-state index in [9.17, 15) is 9.90 Å². The standard InChI is InChI=1S/C32H43N5O4/c1-9-12-32(13-14-38,41-25-17-20(2)10-11-24(25)40-16-15-39)33-29-22(4)18-21(3)28(23(29)5)30-35-34-27-19-26(31(6,7)8)36-37(27)30/h10-11,14,17-19,33,36,39H,9,12-13,15-16H2,1-8H3. The van der Waals surface area contributed by atoms with Crippen molar-refractivity contribution in [3.05, 3.63) is 58.3 Å². The summed E-state index contributed by atoms with van der Waals surface area (Å²) < 4.78 is 14.4. The first kappa shape index (κ1) is 30.1. The van der Waals surface area contributed by atoms with Gasteiger partial charge in [-0.2, -0.15) is 0 Å². The Morgan fingerprint density at radius 1 is 1.05 bits per heavy atom. The molecule has 0 amide bonds. The van der Waals surface area contributed by atoms with Crippen LogP contribution in [0.15, 0.2) is 30.3 Å². The highest BCUT2D eigenvalue weighted by atomic mass is 16.5. The molecular weight excluding hydrogens is 518 g/mol. The number of aliphatic hydroxyl groups excluding tert-OH is 1. The van der Waals surface area contributed by atoms with E-state index in [1.807, 2.05) is 35.7 Å². The predicted molar refractivity (Wildman–Crippen MR) is 162 cm³/mol. The number of carbonyl (C=O) groups excluding carboxylic acids is 1. The zero-order valence-electron chi connectivity index (χ0n) is 25.5. The Hall–Kier alpha value is -3.85. The molecule has 1 atom stereocenters. The van der Waals surface area contributed by atoms with Gasteiger partial charge in [-0.25, -0.2) is 4.52 Å². The van der Waals surface area contributed by atoms with E-state index < -0.39 is 5.72 Å². The van der Waals surface area contributed by atoms with E-state index in [0.29, 0.717) is 17.9 Å². The molecule has 0 saturated carbocycles. The van der Waals surface area contributed by atoms with Crippen molar-refractivity contribution >= 4 is 17.6 Å². The number of rotatable bonds is 12. The molecule has 9 heteroatoms. The maximum atomic E-state index is 12.1. The zero-order chi connectivity index (χ0) is 29.9. The summed E-state index contributed by atoms with van der Waals surface area (Å²) in [6, 6.07) is 9.82. The molecule has 2 aromatic carbocycles. The van der Waals surface area contributed by atoms with Crippen LogP contribution in [0.25, 0.3) is 17.0 Å². The number of hydrogen-bond donors (Lipinski definition) is 3. The number of H-pyrrole nitrogens is 1. The smallest absolute Gasteiger partial charge is 0.187 e. The molecule has 4 rings (SSSR count). The van der Waals surface area contributed by atoms with Crippen molar-refractivity contribution in [2.24, 2.45) is 0 Å². The number of aromatic amines is 1. The summed E-state index contributed by atoms with van der Waals surface area (Å²) in [4.78, 5) is 12.1. The number of fused-ring (bicyclic) bond motifs is 1. The first-order chi connectivity index (χ1) is 19.4. The summed E-state index contributed by atoms with van der Waals surface area (Å²) in [5, 5.41) is 25.5. The minimum absolute atomic E-state index is 0.0660. The number of carbonyl (C=O) groups is 1. The van der Waals surface area contributed by atoms with Gasteiger partial charge in [-0.1, -0.05) is 46.2 Å². The van der Waals surface area contributed by atoms with Gasteiger partial charge in [0.15, 0.2) is 28.7 Å². The van der Waals surface area contributed by atoms with Crippen LogP contribution in [0.2, 0.25) is 0 Å². The Morgan fingerprint density at radius 2 is 1.80 bits per heavy atom. The van der Waals surface area contributed by atoms with E-state index in [1.54, 1.807) is 0 Å². The molecule has 2 aromatic heterocycles. The fraction of sp³-hybridized carbons (Fsp3) is 0.469. The first-order valence-electron chi connectivity index (χ1n) is 14.2. The normalized spacial score (nSPS) is 13.3. The Kier molecular flexibility index (Phi) is 8.77. The van der Waals surface area contributed by atoms with E-state index in [2.05, 4.69) is 75.1 Å². The van der Waals surface area contributed by atoms with Crippen LogP contribution in [-0.2, 0) is 10.2 Å². The fourth-order valence-corrected chi connectivity index (χ4v) is 5.33. The minimum Gasteiger partial charge on any atom is -0.487 e. The van der Waals surface area contributed by atoms with E-state index in [1.165, 1.54) is 0 Å². The van der Waals surface area contributed by atoms with E-state index in [4.69, 9.17) is 9.47 Å². The Balaban J connectivity index is 1.83. The number of hydrogen-bond acceptors (Lipinski definition) is 7. The van der Waals surface area contributed by atoms with Crippen molar-refractivity contribution < 1.29 is 19.4 Å². The fourth-order valence-electron chi connectivity index (χ4n) is 5.33. The van der Waals surface area contributed by atoms with Crippen LogP contribution >= 0.6 is 0 Å². The van der Waals surface area contributed by atoms with Crippen LogP contribution in [0.4, 0.5) is 5.69 Å². The lowest BCUT2D eigenvalue weighted by atomic mass is 9.93. The highest BCUT2D eigenvalue weighted by Crippen LogP contribution is 2.39. The lowest BCUT2D eigenvalue weighted by Crippen LogP contribution is -2.45. The minimum atomic E-state index is -1.03. The monoisotopic (exact) mass is 561 g/mol. The van der Waals surface area contributed by atoms with Crippen molar-refractivity contribution in [1.29, 1.82) is 0 Å². The largest absolute Gasteiger partial charge is 0.487 e. The summed E-state index contributed by atoms with van der Waals surface area (Å²) >= 11 is 0. The van der Waals surface area contributed by atoms with Gasteiger partial charge in [0.1, 0.15) is 12.9 Å². The van der Waals surface area contributed by atoms with Crippen molar-refractivity contribution in [3.8, 4) is 22.9 Å². The predicted octanol–water partition coefficient (Wildman–Crippen LogP) is 6.20. The van der Waals surface area contributed by atoms with Gasteiger partial charge in [0.25, 0.3) is 0 Å². The molecule has 0 bridgehead atoms. The number of aryl methyl sites for hydroxylation is 3. The number of aldehydes is 1. The van der Waals surface area contributed by atoms with Gasteiger partial charge in [-0.15, -0.1) is 10.2 Å². The molecule has 1 unspecified atom stereocenters. The molecule has 41 heavy (non-hydrogen) atoms. The third kappa shape index (κ3) is 6.25. The van der Waals surface area contributed by atoms with E-state index in [-0.39, 0.29) is 25.0 Å². The number of ether oxygens (including phenoxy) is 2. The summed E-state index contributed by atoms with van der Waals surface area (Å²) in [5.74, 6) is 1.76. The number of nitrogens with zero attached hydrogens (tertiary/aromatic N) is 3. The maximum Gasteiger partial charge on any atom is 0.187 e. The lowest BCUT2D eigenvalue weighted by molar-refractivity contribution is -0.111. The van der Waals surface area contributed by atoms with Crippen molar-refractivity contribution in [1.82, 2.24) is 19.8 Å². The molecule has 4 aromatic rings. The topological polar surface area (TPSA) is 114 Å². The zero-order valence-corrected chi connectivity index (χ0v) is 25.5. The van der Waals surface area contributed by atoms with Gasteiger partial charge in [0, 0.05) is 34.8 Å². The molecule has 0 spiro atoms. The molecule has 220 valence electrons. The van der Waals surface area contributed by atoms with Crippen molar-refractivity contribution in [2.75, 3.05) is 18.5 Å². The second-order valence-electron chi connectivity index (χ2n) is 11.9. The Bertz CT molecular complexity index is 1530. The molecule has 0 aliphatic carbocycles. The molecule has 3 N–H and O–H groups in total. The van der Waals surface area contributed by atoms with Crippen LogP contribution in [0.3, 0.4) is 0 Å². The van der Waals surface area contributed by atoms with Gasteiger partial charge < -0.3 is 24.7 Å². The van der Waals surface area contributed by atoms with Gasteiger partial charge in [-0.05, 0) is 62.1 Å². The second-order valence-corrected chi connectivity index (χ2v) is 11.9. The maximum absolute atomic E-state index is 12.1. The van der Waals surface area contributed by atoms with Gasteiger partial charge in [0.05, 0.1) is 13.0 Å². The summed E-state index contributed by atoms with van der Waals surface area (Å²) in [6.07, 6.45) is 2.36. The highest BCUT2D eigenvalue weighted by Gasteiger charge is 2.34. The Labute approximate surface area is 242 Å². The Morgan fingerprint density at radius 3 is 2.46 bits per heavy atom. The van der Waals surface area contributed by atoms with Gasteiger partial charge >= 0.3 is 0 Å². The molecular formula is C32H43N5O4. The second kappa shape index (κ2) is 11.9. The van der Waals surface area contributed by atoms with Crippen molar-refractivity contribution in [3.63, 3.8) is 0 Å². The third-order valence-electron chi connectivity index (χ3n) is 7.37. The van der Waals surface area contributed by atoms with Gasteiger partial charge in [0.2, 0.25) is 0 Å². The first-order valence-corrected chi connectivity index (χ1v) is 14.2. The van der Waals surface area contributed by atoms with Crippen LogP contribution in [-0.4, -0.2) is 50.1 Å². The van der Waals surface area contributed by atoms with Gasteiger partial charge in [-0.3, -0.25) is 5.10 Å². The van der Waals surface area contributed by atoms with E-state index in [0.717, 1.165) is 63.4 Å². The van der Waals surface area contributed by atoms with Crippen LogP contribution in [0, 0.1) is 27.7 Å². The van der Waals surface area contributed by atoms with Crippen LogP contribution in [0.5, 0.6) is 11.5 Å². The molecule has 0 aliphatic rings. The number of anilines is 1. The molecule has 2 heterocycles.